The van der Waals surface area contributed by atoms with Gasteiger partial charge in [0.15, 0.2) is 0 Å². The molecule has 0 aromatic heterocycles. The topological polar surface area (TPSA) is 38.5 Å². The number of ether oxygens (including phenoxy) is 1. The number of hydrogen-bond donors (Lipinski definition) is 1. The monoisotopic (exact) mass is 274 g/mol. The number of rotatable bonds is 6. The van der Waals surface area contributed by atoms with Crippen LogP contribution in [0.2, 0.25) is 0 Å². The first-order valence-corrected chi connectivity index (χ1v) is 5.78. The Morgan fingerprint density at radius 2 is 2.17 bits per heavy atom. The molecule has 0 bridgehead atoms. The lowest BCUT2D eigenvalue weighted by molar-refractivity contribution is 0.0972. The largest absolute Gasteiger partial charge is 0.496 e. The van der Waals surface area contributed by atoms with Gasteiger partial charge in [-0.25, -0.2) is 8.78 Å². The zero-order chi connectivity index (χ0) is 13.7. The molecule has 18 heavy (non-hydrogen) atoms. The van der Waals surface area contributed by atoms with Crippen LogP contribution in [-0.4, -0.2) is 37.0 Å². The number of nitrogens with two attached hydrogens (primary N) is 1. The molecule has 3 nitrogen and oxygen atoms in total. The van der Waals surface area contributed by atoms with Gasteiger partial charge in [-0.2, -0.15) is 0 Å². The normalized spacial score (nSPS) is 11.0. The zero-order valence-electron chi connectivity index (χ0n) is 10.3. The van der Waals surface area contributed by atoms with Crippen LogP contribution in [0.25, 0.3) is 0 Å². The van der Waals surface area contributed by atoms with Gasteiger partial charge in [-0.05, 0) is 25.2 Å². The van der Waals surface area contributed by atoms with E-state index in [0.29, 0.717) is 17.9 Å². The number of halogens is 2. The van der Waals surface area contributed by atoms with E-state index in [1.807, 2.05) is 0 Å². The summed E-state index contributed by atoms with van der Waals surface area (Å²) >= 11 is 4.89. The van der Waals surface area contributed by atoms with E-state index in [4.69, 9.17) is 22.7 Å². The molecule has 0 amide bonds. The first-order chi connectivity index (χ1) is 8.43. The molecule has 0 aliphatic carbocycles. The van der Waals surface area contributed by atoms with Gasteiger partial charge in [0.2, 0.25) is 0 Å². The molecule has 100 valence electrons. The van der Waals surface area contributed by atoms with Gasteiger partial charge in [0.25, 0.3) is 6.43 Å². The van der Waals surface area contributed by atoms with Crippen LogP contribution in [0.5, 0.6) is 5.75 Å². The van der Waals surface area contributed by atoms with E-state index >= 15 is 0 Å². The summed E-state index contributed by atoms with van der Waals surface area (Å²) in [5, 5.41) is 0. The summed E-state index contributed by atoms with van der Waals surface area (Å²) in [5.41, 5.74) is 7.03. The fourth-order valence-electron chi connectivity index (χ4n) is 1.65. The second-order valence-electron chi connectivity index (χ2n) is 3.98. The van der Waals surface area contributed by atoms with Gasteiger partial charge < -0.3 is 10.5 Å². The highest BCUT2D eigenvalue weighted by molar-refractivity contribution is 7.80. The van der Waals surface area contributed by atoms with Crippen LogP contribution in [0.1, 0.15) is 11.1 Å². The molecule has 1 aromatic rings. The number of thiocarbonyl (C=S) groups is 1. The van der Waals surface area contributed by atoms with Crippen LogP contribution in [0.4, 0.5) is 8.78 Å². The highest BCUT2D eigenvalue weighted by Gasteiger charge is 2.12. The maximum atomic E-state index is 12.3. The van der Waals surface area contributed by atoms with Crippen LogP contribution >= 0.6 is 12.2 Å². The minimum atomic E-state index is -2.36. The van der Waals surface area contributed by atoms with Gasteiger partial charge in [-0.15, -0.1) is 0 Å². The average molecular weight is 274 g/mol. The Labute approximate surface area is 111 Å². The molecule has 0 unspecified atom stereocenters. The standard InChI is InChI=1S/C12H16F2N2OS/c1-16(7-11(13)14)6-9-5-8(12(15)18)3-4-10(9)17-2/h3-5,11H,6-7H2,1-2H3,(H2,15,18). The first kappa shape index (κ1) is 14.8. The van der Waals surface area contributed by atoms with Crippen LogP contribution in [-0.2, 0) is 6.54 Å². The predicted molar refractivity (Wildman–Crippen MR) is 71.2 cm³/mol. The fourth-order valence-corrected chi connectivity index (χ4v) is 1.77. The molecule has 6 heteroatoms. The van der Waals surface area contributed by atoms with Crippen LogP contribution in [0.15, 0.2) is 18.2 Å². The van der Waals surface area contributed by atoms with Gasteiger partial charge in [0, 0.05) is 17.7 Å². The average Bonchev–Trinajstić information content (AvgIpc) is 2.27. The van der Waals surface area contributed by atoms with Gasteiger partial charge in [-0.3, -0.25) is 4.90 Å². The van der Waals surface area contributed by atoms with Crippen molar-refractivity contribution in [2.75, 3.05) is 20.7 Å². The molecule has 0 saturated carbocycles. The van der Waals surface area contributed by atoms with E-state index in [9.17, 15) is 8.78 Å². The van der Waals surface area contributed by atoms with Crippen LogP contribution in [0, 0.1) is 0 Å². The van der Waals surface area contributed by atoms with Crippen molar-refractivity contribution in [2.45, 2.75) is 13.0 Å². The van der Waals surface area contributed by atoms with Crippen LogP contribution in [0.3, 0.4) is 0 Å². The number of alkyl halides is 2. The van der Waals surface area contributed by atoms with Crippen molar-refractivity contribution in [3.63, 3.8) is 0 Å². The summed E-state index contributed by atoms with van der Waals surface area (Å²) in [4.78, 5) is 1.79. The Bertz CT molecular complexity index is 427. The quantitative estimate of drug-likeness (QED) is 0.806. The van der Waals surface area contributed by atoms with E-state index in [2.05, 4.69) is 0 Å². The van der Waals surface area contributed by atoms with Crippen molar-refractivity contribution in [1.29, 1.82) is 0 Å². The Kier molecular flexibility index (Phi) is 5.43. The summed E-state index contributed by atoms with van der Waals surface area (Å²) in [6.45, 7) is 0.0599. The number of hydrogen-bond acceptors (Lipinski definition) is 3. The SMILES string of the molecule is COc1ccc(C(N)=S)cc1CN(C)CC(F)F. The van der Waals surface area contributed by atoms with Gasteiger partial charge >= 0.3 is 0 Å². The molecule has 0 aliphatic heterocycles. The third kappa shape index (κ3) is 4.19. The maximum Gasteiger partial charge on any atom is 0.251 e. The minimum Gasteiger partial charge on any atom is -0.496 e. The Morgan fingerprint density at radius 3 is 2.67 bits per heavy atom. The summed E-state index contributed by atoms with van der Waals surface area (Å²) in [6.07, 6.45) is -2.36. The van der Waals surface area contributed by atoms with E-state index in [0.717, 1.165) is 5.56 Å². The van der Waals surface area contributed by atoms with Gasteiger partial charge in [0.05, 0.1) is 13.7 Å². The number of nitrogens with zero attached hydrogens (tertiary/aromatic N) is 1. The Hall–Kier alpha value is -1.27. The van der Waals surface area contributed by atoms with Crippen LogP contribution < -0.4 is 10.5 Å². The van der Waals surface area contributed by atoms with E-state index in [1.54, 1.807) is 25.2 Å². The molecular formula is C12H16F2N2OS. The second-order valence-corrected chi connectivity index (χ2v) is 4.42. The van der Waals surface area contributed by atoms with E-state index in [1.165, 1.54) is 12.0 Å². The first-order valence-electron chi connectivity index (χ1n) is 5.37. The van der Waals surface area contributed by atoms with Crippen molar-refractivity contribution in [3.8, 4) is 5.75 Å². The van der Waals surface area contributed by atoms with E-state index in [-0.39, 0.29) is 11.5 Å². The lowest BCUT2D eigenvalue weighted by Crippen LogP contribution is -2.24. The lowest BCUT2D eigenvalue weighted by Gasteiger charge is -2.18. The lowest BCUT2D eigenvalue weighted by atomic mass is 10.1. The number of benzene rings is 1. The van der Waals surface area contributed by atoms with E-state index < -0.39 is 6.43 Å². The van der Waals surface area contributed by atoms with Crippen molar-refractivity contribution in [2.24, 2.45) is 5.73 Å². The Balaban J connectivity index is 2.90. The van der Waals surface area contributed by atoms with Crippen molar-refractivity contribution >= 4 is 17.2 Å². The summed E-state index contributed by atoms with van der Waals surface area (Å²) < 4.78 is 29.7. The van der Waals surface area contributed by atoms with Crippen molar-refractivity contribution in [1.82, 2.24) is 4.90 Å². The Morgan fingerprint density at radius 1 is 1.50 bits per heavy atom. The van der Waals surface area contributed by atoms with Crippen molar-refractivity contribution in [3.05, 3.63) is 29.3 Å². The highest BCUT2D eigenvalue weighted by Crippen LogP contribution is 2.21. The molecule has 0 fully saturated rings. The zero-order valence-corrected chi connectivity index (χ0v) is 11.1. The smallest absolute Gasteiger partial charge is 0.251 e. The maximum absolute atomic E-state index is 12.3. The summed E-state index contributed by atoms with van der Waals surface area (Å²) in [7, 11) is 3.16. The summed E-state index contributed by atoms with van der Waals surface area (Å²) in [5.74, 6) is 0.635. The molecule has 0 saturated heterocycles. The highest BCUT2D eigenvalue weighted by atomic mass is 32.1. The third-order valence-corrected chi connectivity index (χ3v) is 2.69. The molecule has 0 atom stereocenters. The molecule has 2 N–H and O–H groups in total. The predicted octanol–water partition coefficient (Wildman–Crippen LogP) is 2.03. The molecule has 0 heterocycles. The van der Waals surface area contributed by atoms with Gasteiger partial charge in [0.1, 0.15) is 10.7 Å². The molecule has 1 rings (SSSR count). The van der Waals surface area contributed by atoms with Crippen molar-refractivity contribution < 1.29 is 13.5 Å². The molecular weight excluding hydrogens is 258 g/mol. The third-order valence-electron chi connectivity index (χ3n) is 2.45. The molecule has 0 spiro atoms. The minimum absolute atomic E-state index is 0.274. The van der Waals surface area contributed by atoms with Gasteiger partial charge in [-0.1, -0.05) is 12.2 Å². The molecule has 1 aromatic carbocycles. The number of methoxy groups -OCH3 is 1. The second kappa shape index (κ2) is 6.61. The fraction of sp³-hybridized carbons (Fsp3) is 0.417. The summed E-state index contributed by atoms with van der Waals surface area (Å²) in [6, 6.07) is 5.25. The molecule has 0 aliphatic rings. The molecule has 0 radical (unpaired) electrons.